The van der Waals surface area contributed by atoms with Gasteiger partial charge in [-0.15, -0.1) is 0 Å². The zero-order chi connectivity index (χ0) is 9.14. The molecule has 0 aliphatic heterocycles. The van der Waals surface area contributed by atoms with Crippen LogP contribution in [0, 0.1) is 0 Å². The van der Waals surface area contributed by atoms with E-state index in [0.717, 1.165) is 6.21 Å². The van der Waals surface area contributed by atoms with Crippen LogP contribution in [0.2, 0.25) is 10.3 Å². The van der Waals surface area contributed by atoms with Gasteiger partial charge in [-0.25, -0.2) is 9.97 Å². The first-order chi connectivity index (χ1) is 5.65. The predicted molar refractivity (Wildman–Crippen MR) is 45.8 cm³/mol. The fraction of sp³-hybridized carbons (Fsp3) is 0. The van der Waals surface area contributed by atoms with Crippen LogP contribution in [0.15, 0.2) is 5.16 Å². The van der Waals surface area contributed by atoms with Crippen molar-refractivity contribution in [3.63, 3.8) is 0 Å². The van der Waals surface area contributed by atoms with Crippen LogP contribution in [-0.2, 0) is 0 Å². The predicted octanol–water partition coefficient (Wildman–Crippen LogP) is 1.17. The minimum Gasteiger partial charge on any atom is -0.411 e. The molecule has 0 aromatic carbocycles. The highest BCUT2D eigenvalue weighted by Gasteiger charge is 2.06. The lowest BCUT2D eigenvalue weighted by Gasteiger charge is -1.98. The number of hydrogen-bond donors (Lipinski definition) is 2. The molecule has 0 amide bonds. The Bertz CT molecular complexity index is 327. The van der Waals surface area contributed by atoms with Gasteiger partial charge in [0.15, 0.2) is 16.1 Å². The van der Waals surface area contributed by atoms with Crippen LogP contribution in [0.5, 0.6) is 0 Å². The second-order valence-corrected chi connectivity index (χ2v) is 2.54. The number of oxime groups is 1. The first kappa shape index (κ1) is 9.02. The Morgan fingerprint density at radius 3 is 2.50 bits per heavy atom. The van der Waals surface area contributed by atoms with Crippen LogP contribution >= 0.6 is 23.2 Å². The second-order valence-electron chi connectivity index (χ2n) is 1.82. The van der Waals surface area contributed by atoms with Crippen molar-refractivity contribution >= 4 is 35.2 Å². The maximum atomic E-state index is 8.17. The van der Waals surface area contributed by atoms with Gasteiger partial charge in [0, 0.05) is 0 Å². The zero-order valence-corrected chi connectivity index (χ0v) is 7.21. The normalized spacial score (nSPS) is 10.8. The molecule has 0 aliphatic carbocycles. The van der Waals surface area contributed by atoms with Crippen molar-refractivity contribution in [2.45, 2.75) is 0 Å². The van der Waals surface area contributed by atoms with E-state index in [4.69, 9.17) is 34.1 Å². The summed E-state index contributed by atoms with van der Waals surface area (Å²) in [5.41, 5.74) is 5.53. The summed E-state index contributed by atoms with van der Waals surface area (Å²) in [7, 11) is 0. The van der Waals surface area contributed by atoms with E-state index >= 15 is 0 Å². The maximum absolute atomic E-state index is 8.17. The van der Waals surface area contributed by atoms with Gasteiger partial charge in [-0.3, -0.25) is 0 Å². The van der Waals surface area contributed by atoms with E-state index in [2.05, 4.69) is 15.1 Å². The highest BCUT2D eigenvalue weighted by atomic mass is 35.5. The molecule has 1 heterocycles. The van der Waals surface area contributed by atoms with E-state index in [1.54, 1.807) is 0 Å². The van der Waals surface area contributed by atoms with E-state index in [1.807, 2.05) is 0 Å². The fourth-order valence-electron chi connectivity index (χ4n) is 0.568. The standard InChI is InChI=1S/C5H4Cl2N4O/c6-3-4(7)11-5(8)2(10-3)1-9-12/h1,12H,(H2,8,11)/b9-1-. The Hall–Kier alpha value is -1.07. The third kappa shape index (κ3) is 1.75. The molecule has 5 nitrogen and oxygen atoms in total. The molecule has 0 bridgehead atoms. The number of aromatic nitrogens is 2. The molecule has 1 aromatic rings. The number of nitrogens with zero attached hydrogens (tertiary/aromatic N) is 3. The van der Waals surface area contributed by atoms with E-state index in [-0.39, 0.29) is 21.8 Å². The number of hydrogen-bond acceptors (Lipinski definition) is 5. The van der Waals surface area contributed by atoms with E-state index in [1.165, 1.54) is 0 Å². The molecule has 0 spiro atoms. The molecular formula is C5H4Cl2N4O. The summed E-state index contributed by atoms with van der Waals surface area (Å²) in [4.78, 5) is 7.34. The number of nitrogens with two attached hydrogens (primary N) is 1. The number of halogens is 2. The summed E-state index contributed by atoms with van der Waals surface area (Å²) in [5, 5.41) is 10.9. The Morgan fingerprint density at radius 2 is 1.92 bits per heavy atom. The average molecular weight is 207 g/mol. The molecule has 1 aromatic heterocycles. The Balaban J connectivity index is 3.23. The van der Waals surface area contributed by atoms with Crippen molar-refractivity contribution in [3.05, 3.63) is 16.0 Å². The molecule has 0 atom stereocenters. The van der Waals surface area contributed by atoms with Crippen LogP contribution < -0.4 is 5.73 Å². The van der Waals surface area contributed by atoms with E-state index < -0.39 is 0 Å². The zero-order valence-electron chi connectivity index (χ0n) is 5.70. The molecule has 12 heavy (non-hydrogen) atoms. The van der Waals surface area contributed by atoms with Gasteiger partial charge in [-0.2, -0.15) is 0 Å². The molecule has 0 unspecified atom stereocenters. The summed E-state index contributed by atoms with van der Waals surface area (Å²) < 4.78 is 0. The van der Waals surface area contributed by atoms with Crippen LogP contribution in [0.1, 0.15) is 5.69 Å². The number of anilines is 1. The summed E-state index contributed by atoms with van der Waals surface area (Å²) in [6.45, 7) is 0. The third-order valence-electron chi connectivity index (χ3n) is 1.05. The van der Waals surface area contributed by atoms with Crippen LogP contribution in [-0.4, -0.2) is 21.4 Å². The van der Waals surface area contributed by atoms with Crippen molar-refractivity contribution in [1.29, 1.82) is 0 Å². The topological polar surface area (TPSA) is 84.4 Å². The molecule has 0 aliphatic rings. The molecule has 0 fully saturated rings. The third-order valence-corrected chi connectivity index (χ3v) is 1.67. The average Bonchev–Trinajstić information content (AvgIpc) is 2.01. The van der Waals surface area contributed by atoms with Gasteiger partial charge in [0.25, 0.3) is 0 Å². The summed E-state index contributed by atoms with van der Waals surface area (Å²) >= 11 is 11.0. The highest BCUT2D eigenvalue weighted by molar-refractivity contribution is 6.40. The summed E-state index contributed by atoms with van der Waals surface area (Å²) in [5.74, 6) is 0.0576. The first-order valence-electron chi connectivity index (χ1n) is 2.81. The lowest BCUT2D eigenvalue weighted by Crippen LogP contribution is -2.01. The van der Waals surface area contributed by atoms with Crippen molar-refractivity contribution in [2.75, 3.05) is 5.73 Å². The SMILES string of the molecule is Nc1nc(Cl)c(Cl)nc1/C=N\O. The van der Waals surface area contributed by atoms with Gasteiger partial charge in [0.2, 0.25) is 0 Å². The summed E-state index contributed by atoms with van der Waals surface area (Å²) in [6, 6.07) is 0. The van der Waals surface area contributed by atoms with Gasteiger partial charge < -0.3 is 10.9 Å². The fourth-order valence-corrected chi connectivity index (χ4v) is 0.835. The molecule has 0 saturated heterocycles. The van der Waals surface area contributed by atoms with Gasteiger partial charge in [-0.05, 0) is 0 Å². The minimum absolute atomic E-state index is 0.0146. The van der Waals surface area contributed by atoms with Gasteiger partial charge in [0.05, 0.1) is 6.21 Å². The van der Waals surface area contributed by atoms with Crippen molar-refractivity contribution in [2.24, 2.45) is 5.16 Å². The molecule has 1 rings (SSSR count). The van der Waals surface area contributed by atoms with Crippen molar-refractivity contribution in [1.82, 2.24) is 9.97 Å². The molecule has 0 radical (unpaired) electrons. The lowest BCUT2D eigenvalue weighted by atomic mass is 10.4. The number of rotatable bonds is 1. The second kappa shape index (κ2) is 3.55. The molecule has 3 N–H and O–H groups in total. The smallest absolute Gasteiger partial charge is 0.168 e. The van der Waals surface area contributed by atoms with Crippen LogP contribution in [0.3, 0.4) is 0 Å². The van der Waals surface area contributed by atoms with Crippen molar-refractivity contribution < 1.29 is 5.21 Å². The van der Waals surface area contributed by atoms with Crippen molar-refractivity contribution in [3.8, 4) is 0 Å². The van der Waals surface area contributed by atoms with Gasteiger partial charge in [-0.1, -0.05) is 28.4 Å². The summed E-state index contributed by atoms with van der Waals surface area (Å²) in [6.07, 6.45) is 1.02. The lowest BCUT2D eigenvalue weighted by molar-refractivity contribution is 0.321. The van der Waals surface area contributed by atoms with E-state index in [0.29, 0.717) is 0 Å². The quantitative estimate of drug-likeness (QED) is 0.411. The Morgan fingerprint density at radius 1 is 1.33 bits per heavy atom. The monoisotopic (exact) mass is 206 g/mol. The first-order valence-corrected chi connectivity index (χ1v) is 3.56. The Labute approximate surface area is 77.8 Å². The van der Waals surface area contributed by atoms with Gasteiger partial charge in [0.1, 0.15) is 5.69 Å². The van der Waals surface area contributed by atoms with Gasteiger partial charge >= 0.3 is 0 Å². The number of nitrogen functional groups attached to an aromatic ring is 1. The molecular weight excluding hydrogens is 203 g/mol. The molecule has 7 heteroatoms. The molecule has 64 valence electrons. The van der Waals surface area contributed by atoms with Crippen LogP contribution in [0.25, 0.3) is 0 Å². The van der Waals surface area contributed by atoms with E-state index in [9.17, 15) is 0 Å². The highest BCUT2D eigenvalue weighted by Crippen LogP contribution is 2.18. The van der Waals surface area contributed by atoms with Crippen LogP contribution in [0.4, 0.5) is 5.82 Å². The Kier molecular flexibility index (Phi) is 2.67. The largest absolute Gasteiger partial charge is 0.411 e. The maximum Gasteiger partial charge on any atom is 0.168 e. The molecule has 0 saturated carbocycles. The minimum atomic E-state index is 0.0146.